The van der Waals surface area contributed by atoms with Crippen LogP contribution in [0.5, 0.6) is 0 Å². The lowest BCUT2D eigenvalue weighted by Gasteiger charge is -2.42. The summed E-state index contributed by atoms with van der Waals surface area (Å²) < 4.78 is 22.1. The van der Waals surface area contributed by atoms with Gasteiger partial charge in [0.25, 0.3) is 0 Å². The molecule has 0 saturated heterocycles. The van der Waals surface area contributed by atoms with Gasteiger partial charge in [-0.05, 0) is 76.1 Å². The Bertz CT molecular complexity index is 1750. The molecule has 8 rings (SSSR count). The predicted molar refractivity (Wildman–Crippen MR) is 143 cm³/mol. The molecule has 3 aliphatic rings. The summed E-state index contributed by atoms with van der Waals surface area (Å²) in [4.78, 5) is 0. The van der Waals surface area contributed by atoms with Crippen molar-refractivity contribution in [2.45, 2.75) is 25.6 Å². The average Bonchev–Trinajstić information content (AvgIpc) is 2.91. The highest BCUT2D eigenvalue weighted by atomic mass is 14.9. The molecule has 0 spiro atoms. The number of nitrogens with zero attached hydrogens (tertiary/aromatic N) is 1. The number of aromatic nitrogens is 1. The third-order valence-corrected chi connectivity index (χ3v) is 7.64. The molecule has 2 atom stereocenters. The quantitative estimate of drug-likeness (QED) is 0.245. The molecule has 1 heteroatoms. The Morgan fingerprint density at radius 3 is 1.94 bits per heavy atom. The minimum atomic E-state index is -1.05. The van der Waals surface area contributed by atoms with Crippen LogP contribution >= 0.6 is 0 Å². The lowest BCUT2D eigenvalue weighted by atomic mass is 9.60. The largest absolute Gasteiger partial charge is 0.213 e. The fourth-order valence-electron chi connectivity index (χ4n) is 5.90. The van der Waals surface area contributed by atoms with E-state index in [-0.39, 0.29) is 0 Å². The first-order valence-electron chi connectivity index (χ1n) is 13.3. The van der Waals surface area contributed by atoms with Crippen molar-refractivity contribution in [2.24, 2.45) is 7.05 Å². The van der Waals surface area contributed by atoms with Gasteiger partial charge in [-0.25, -0.2) is 4.57 Å². The van der Waals surface area contributed by atoms with E-state index < -0.39 is 11.8 Å². The van der Waals surface area contributed by atoms with Crippen LogP contribution < -0.4 is 4.57 Å². The summed E-state index contributed by atoms with van der Waals surface area (Å²) in [5.74, 6) is -2.07. The Morgan fingerprint density at radius 2 is 1.20 bits per heavy atom. The molecule has 1 aromatic heterocycles. The minimum absolute atomic E-state index is 0.917. The first-order chi connectivity index (χ1) is 17.8. The zero-order valence-electron chi connectivity index (χ0n) is 22.3. The van der Waals surface area contributed by atoms with Crippen LogP contribution in [0.3, 0.4) is 0 Å². The molecule has 1 heterocycles. The molecule has 0 N–H and O–H groups in total. The number of hydrogen-bond acceptors (Lipinski definition) is 0. The van der Waals surface area contributed by atoms with E-state index in [0.717, 1.165) is 55.8 Å². The van der Waals surface area contributed by atoms with E-state index in [1.54, 1.807) is 0 Å². The van der Waals surface area contributed by atoms with Gasteiger partial charge in [-0.15, -0.1) is 0 Å². The summed E-state index contributed by atoms with van der Waals surface area (Å²) >= 11 is 0. The van der Waals surface area contributed by atoms with E-state index >= 15 is 0 Å². The zero-order valence-corrected chi connectivity index (χ0v) is 20.3. The number of aryl methyl sites for hydroxylation is 3. The number of hydrogen-bond donors (Lipinski definition) is 0. The number of pyridine rings is 1. The maximum atomic E-state index is 10.0. The van der Waals surface area contributed by atoms with Crippen molar-refractivity contribution < 1.29 is 7.31 Å². The van der Waals surface area contributed by atoms with E-state index in [2.05, 4.69) is 104 Å². The van der Waals surface area contributed by atoms with Crippen LogP contribution in [0.1, 0.15) is 59.0 Å². The van der Waals surface area contributed by atoms with Crippen molar-refractivity contribution in [3.63, 3.8) is 0 Å². The Labute approximate surface area is 210 Å². The highest BCUT2D eigenvalue weighted by Crippen LogP contribution is 2.56. The summed E-state index contributed by atoms with van der Waals surface area (Å²) in [5.41, 5.74) is 12.5. The van der Waals surface area contributed by atoms with Crippen LogP contribution in [0, 0.1) is 13.8 Å². The van der Waals surface area contributed by atoms with Crippen LogP contribution in [-0.4, -0.2) is 0 Å². The molecule has 2 bridgehead atoms. The summed E-state index contributed by atoms with van der Waals surface area (Å²) in [6.07, 6.45) is 2.11. The summed E-state index contributed by atoms with van der Waals surface area (Å²) in [7, 11) is 2.08. The van der Waals surface area contributed by atoms with Crippen molar-refractivity contribution in [1.82, 2.24) is 0 Å². The van der Waals surface area contributed by atoms with E-state index in [9.17, 15) is 2.74 Å². The molecule has 0 amide bonds. The van der Waals surface area contributed by atoms with Gasteiger partial charge in [0.05, 0.1) is 0 Å². The Balaban J connectivity index is 1.47. The van der Waals surface area contributed by atoms with Gasteiger partial charge in [-0.2, -0.15) is 0 Å². The fraction of sp³-hybridized carbons (Fsp3) is 0.147. The summed E-state index contributed by atoms with van der Waals surface area (Å²) in [5, 5.41) is 0. The van der Waals surface area contributed by atoms with Gasteiger partial charge in [0.2, 0.25) is 5.69 Å². The van der Waals surface area contributed by atoms with Gasteiger partial charge in [0.15, 0.2) is 6.20 Å². The second-order valence-electron chi connectivity index (χ2n) is 9.83. The third-order valence-electron chi connectivity index (χ3n) is 7.64. The van der Waals surface area contributed by atoms with Crippen molar-refractivity contribution >= 4 is 0 Å². The summed E-state index contributed by atoms with van der Waals surface area (Å²) in [6.45, 7) is 4.21. The van der Waals surface area contributed by atoms with Crippen molar-refractivity contribution in [3.8, 4) is 22.4 Å². The normalized spacial score (nSPS) is 22.0. The molecule has 35 heavy (non-hydrogen) atoms. The van der Waals surface area contributed by atoms with Crippen molar-refractivity contribution in [2.75, 3.05) is 0 Å². The lowest BCUT2D eigenvalue weighted by molar-refractivity contribution is -0.660. The van der Waals surface area contributed by atoms with E-state index in [0.29, 0.717) is 0 Å². The molecule has 0 radical (unpaired) electrons. The standard InChI is InChI=1S/C34H28N/c1-21-12-14-28-30(18-21)33-26-10-6-7-11-27(26)34(28)31-19-23(13-15-29(31)33)24-16-17-35(3)32(20-24)25-9-5-4-8-22(25)2/h4-20,33-34H,1-3H3/q+1/i33D,34D. The lowest BCUT2D eigenvalue weighted by Crippen LogP contribution is -2.30. The molecule has 1 nitrogen and oxygen atoms in total. The number of rotatable bonds is 2. The molecule has 2 unspecified atom stereocenters. The van der Waals surface area contributed by atoms with Gasteiger partial charge in [0.1, 0.15) is 7.05 Å². The molecule has 0 saturated carbocycles. The molecule has 168 valence electrons. The zero-order chi connectivity index (χ0) is 25.5. The van der Waals surface area contributed by atoms with E-state index in [1.165, 1.54) is 11.1 Å². The molecule has 4 aromatic carbocycles. The van der Waals surface area contributed by atoms with Gasteiger partial charge in [0, 0.05) is 32.2 Å². The Kier molecular flexibility index (Phi) is 3.94. The smallest absolute Gasteiger partial charge is 0.201 e. The second-order valence-corrected chi connectivity index (χ2v) is 9.83. The average molecular weight is 453 g/mol. The molecule has 0 aliphatic heterocycles. The van der Waals surface area contributed by atoms with Crippen molar-refractivity contribution in [1.29, 1.82) is 0 Å². The molecular formula is C34H28N+. The van der Waals surface area contributed by atoms with Gasteiger partial charge >= 0.3 is 0 Å². The SMILES string of the molecule is [2H]C12c3ccccc3C([2H])(c3ccc(C)cc31)c1cc(-c3cc[n+](C)c(-c4ccccc4C)c3)ccc12. The maximum Gasteiger partial charge on any atom is 0.213 e. The monoisotopic (exact) mass is 452 g/mol. The minimum Gasteiger partial charge on any atom is -0.201 e. The Hall–Kier alpha value is -3.97. The Morgan fingerprint density at radius 1 is 0.600 bits per heavy atom. The van der Waals surface area contributed by atoms with E-state index in [1.807, 2.05) is 24.3 Å². The molecule has 0 fully saturated rings. The molecular weight excluding hydrogens is 422 g/mol. The highest BCUT2D eigenvalue weighted by molar-refractivity contribution is 5.75. The first-order valence-corrected chi connectivity index (χ1v) is 12.3. The van der Waals surface area contributed by atoms with Crippen LogP contribution in [0.15, 0.2) is 103 Å². The molecule has 3 aliphatic carbocycles. The van der Waals surface area contributed by atoms with Crippen LogP contribution in [-0.2, 0) is 7.05 Å². The highest BCUT2D eigenvalue weighted by Gasteiger charge is 2.41. The van der Waals surface area contributed by atoms with Crippen LogP contribution in [0.4, 0.5) is 0 Å². The van der Waals surface area contributed by atoms with Crippen molar-refractivity contribution in [3.05, 3.63) is 148 Å². The molecule has 5 aromatic rings. The maximum absolute atomic E-state index is 10.0. The van der Waals surface area contributed by atoms with Gasteiger partial charge < -0.3 is 0 Å². The first kappa shape index (κ1) is 18.4. The second kappa shape index (κ2) is 7.52. The van der Waals surface area contributed by atoms with Crippen LogP contribution in [0.2, 0.25) is 0 Å². The summed E-state index contributed by atoms with van der Waals surface area (Å²) in [6, 6.07) is 33.6. The number of benzene rings is 4. The van der Waals surface area contributed by atoms with Gasteiger partial charge in [-0.3, -0.25) is 0 Å². The predicted octanol–water partition coefficient (Wildman–Crippen LogP) is 7.45. The van der Waals surface area contributed by atoms with E-state index in [4.69, 9.17) is 0 Å². The third kappa shape index (κ3) is 2.98. The van der Waals surface area contributed by atoms with Gasteiger partial charge in [-0.1, -0.05) is 78.4 Å². The van der Waals surface area contributed by atoms with Crippen LogP contribution in [0.25, 0.3) is 22.4 Å². The fourth-order valence-corrected chi connectivity index (χ4v) is 5.90. The topological polar surface area (TPSA) is 3.88 Å².